The number of carbonyl (C=O) groups is 2. The topological polar surface area (TPSA) is 90.3 Å². The van der Waals surface area contributed by atoms with Crippen molar-refractivity contribution < 1.29 is 14.7 Å². The average Bonchev–Trinajstić information content (AvgIpc) is 2.73. The van der Waals surface area contributed by atoms with Crippen LogP contribution >= 0.6 is 0 Å². The molecule has 5 heteroatoms. The Morgan fingerprint density at radius 1 is 0.821 bits per heavy atom. The maximum absolute atomic E-state index is 12.6. The molecule has 0 aliphatic rings. The minimum absolute atomic E-state index is 0.0753. The molecule has 28 heavy (non-hydrogen) atoms. The number of anilines is 1. The molecule has 0 unspecified atom stereocenters. The van der Waals surface area contributed by atoms with Crippen molar-refractivity contribution in [3.05, 3.63) is 101 Å². The highest BCUT2D eigenvalue weighted by Gasteiger charge is 2.10. The third-order valence-corrected chi connectivity index (χ3v) is 4.32. The van der Waals surface area contributed by atoms with E-state index < -0.39 is 5.97 Å². The van der Waals surface area contributed by atoms with Gasteiger partial charge in [-0.05, 0) is 41.8 Å². The molecule has 0 heterocycles. The van der Waals surface area contributed by atoms with Crippen LogP contribution in [-0.2, 0) is 11.2 Å². The molecule has 5 nitrogen and oxygen atoms in total. The minimum Gasteiger partial charge on any atom is -0.481 e. The predicted octanol–water partition coefficient (Wildman–Crippen LogP) is 4.37. The zero-order valence-corrected chi connectivity index (χ0v) is 15.2. The van der Waals surface area contributed by atoms with Gasteiger partial charge in [0.15, 0.2) is 0 Å². The number of aliphatic carboxylic acids is 1. The molecule has 0 saturated heterocycles. The molecular weight excluding hydrogens is 352 g/mol. The number of carbonyl (C=O) groups excluding carboxylic acids is 1. The standard InChI is InChI=1S/C23H20N2O3/c24-22(17-5-2-1-3-6-17)18-7-4-8-19(15-18)23(28)25-20-12-9-16(10-13-20)11-14-21(26)27/h1-10,12-13,15,24H,11,14H2,(H,25,28)(H,26,27). The normalized spacial score (nSPS) is 10.3. The SMILES string of the molecule is N=C(c1ccccc1)c1cccc(C(=O)Nc2ccc(CCC(=O)O)cc2)c1. The van der Waals surface area contributed by atoms with Gasteiger partial charge in [-0.2, -0.15) is 0 Å². The van der Waals surface area contributed by atoms with Crippen LogP contribution in [0, 0.1) is 5.41 Å². The fourth-order valence-corrected chi connectivity index (χ4v) is 2.80. The van der Waals surface area contributed by atoms with E-state index in [2.05, 4.69) is 5.32 Å². The molecule has 1 amide bonds. The average molecular weight is 372 g/mol. The summed E-state index contributed by atoms with van der Waals surface area (Å²) in [5.41, 5.74) is 3.82. The van der Waals surface area contributed by atoms with Crippen molar-refractivity contribution in [3.8, 4) is 0 Å². The van der Waals surface area contributed by atoms with E-state index in [-0.39, 0.29) is 12.3 Å². The van der Waals surface area contributed by atoms with E-state index in [1.54, 1.807) is 42.5 Å². The lowest BCUT2D eigenvalue weighted by Gasteiger charge is -2.09. The van der Waals surface area contributed by atoms with Crippen LogP contribution in [0.3, 0.4) is 0 Å². The van der Waals surface area contributed by atoms with Gasteiger partial charge in [-0.15, -0.1) is 0 Å². The number of carboxylic acid groups (broad SMARTS) is 1. The minimum atomic E-state index is -0.835. The van der Waals surface area contributed by atoms with Crippen molar-refractivity contribution >= 4 is 23.3 Å². The highest BCUT2D eigenvalue weighted by molar-refractivity contribution is 6.12. The fraction of sp³-hybridized carbons (Fsp3) is 0.0870. The summed E-state index contributed by atoms with van der Waals surface area (Å²) < 4.78 is 0. The maximum Gasteiger partial charge on any atom is 0.303 e. The number of hydrogen-bond donors (Lipinski definition) is 3. The lowest BCUT2D eigenvalue weighted by molar-refractivity contribution is -0.136. The van der Waals surface area contributed by atoms with Crippen molar-refractivity contribution in [3.63, 3.8) is 0 Å². The van der Waals surface area contributed by atoms with Crippen molar-refractivity contribution in [2.45, 2.75) is 12.8 Å². The molecule has 0 saturated carbocycles. The van der Waals surface area contributed by atoms with E-state index in [9.17, 15) is 9.59 Å². The molecule has 0 aliphatic heterocycles. The Kier molecular flexibility index (Phi) is 5.97. The number of nitrogens with one attached hydrogen (secondary N) is 2. The maximum atomic E-state index is 12.6. The lowest BCUT2D eigenvalue weighted by Crippen LogP contribution is -2.13. The van der Waals surface area contributed by atoms with Crippen molar-refractivity contribution in [1.29, 1.82) is 5.41 Å². The summed E-state index contributed by atoms with van der Waals surface area (Å²) in [6.45, 7) is 0. The van der Waals surface area contributed by atoms with Crippen LogP contribution in [-0.4, -0.2) is 22.7 Å². The van der Waals surface area contributed by atoms with Crippen LogP contribution in [0.2, 0.25) is 0 Å². The lowest BCUT2D eigenvalue weighted by atomic mass is 10.0. The molecule has 3 aromatic carbocycles. The van der Waals surface area contributed by atoms with Gasteiger partial charge in [-0.3, -0.25) is 15.0 Å². The molecule has 3 rings (SSSR count). The Bertz CT molecular complexity index is 996. The monoisotopic (exact) mass is 372 g/mol. The van der Waals surface area contributed by atoms with E-state index >= 15 is 0 Å². The number of hydrogen-bond acceptors (Lipinski definition) is 3. The third-order valence-electron chi connectivity index (χ3n) is 4.32. The van der Waals surface area contributed by atoms with Gasteiger partial charge < -0.3 is 10.4 Å². The number of benzene rings is 3. The highest BCUT2D eigenvalue weighted by Crippen LogP contribution is 2.15. The first-order chi connectivity index (χ1) is 13.5. The zero-order chi connectivity index (χ0) is 19.9. The molecule has 3 aromatic rings. The van der Waals surface area contributed by atoms with E-state index in [0.717, 1.165) is 11.1 Å². The van der Waals surface area contributed by atoms with Gasteiger partial charge >= 0.3 is 5.97 Å². The molecule has 0 radical (unpaired) electrons. The number of aryl methyl sites for hydroxylation is 1. The van der Waals surface area contributed by atoms with E-state index in [4.69, 9.17) is 10.5 Å². The molecule has 0 fully saturated rings. The first-order valence-electron chi connectivity index (χ1n) is 8.89. The second-order valence-electron chi connectivity index (χ2n) is 6.37. The van der Waals surface area contributed by atoms with Crippen molar-refractivity contribution in [1.82, 2.24) is 0 Å². The number of rotatable bonds is 7. The molecule has 0 spiro atoms. The van der Waals surface area contributed by atoms with Crippen LogP contribution in [0.25, 0.3) is 0 Å². The van der Waals surface area contributed by atoms with Crippen LogP contribution in [0.4, 0.5) is 5.69 Å². The van der Waals surface area contributed by atoms with Crippen LogP contribution in [0.1, 0.15) is 33.5 Å². The van der Waals surface area contributed by atoms with Gasteiger partial charge in [-0.25, -0.2) is 0 Å². The Hall–Kier alpha value is -3.73. The fourth-order valence-electron chi connectivity index (χ4n) is 2.80. The van der Waals surface area contributed by atoms with Gasteiger partial charge in [0.25, 0.3) is 5.91 Å². The van der Waals surface area contributed by atoms with E-state index in [1.807, 2.05) is 36.4 Å². The molecule has 0 atom stereocenters. The van der Waals surface area contributed by atoms with Crippen LogP contribution < -0.4 is 5.32 Å². The van der Waals surface area contributed by atoms with Crippen molar-refractivity contribution in [2.24, 2.45) is 0 Å². The molecule has 140 valence electrons. The van der Waals surface area contributed by atoms with Gasteiger partial charge in [-0.1, -0.05) is 54.6 Å². The summed E-state index contributed by atoms with van der Waals surface area (Å²) in [6.07, 6.45) is 0.527. The summed E-state index contributed by atoms with van der Waals surface area (Å²) in [5, 5.41) is 19.9. The molecule has 0 aliphatic carbocycles. The van der Waals surface area contributed by atoms with Crippen molar-refractivity contribution in [2.75, 3.05) is 5.32 Å². The second-order valence-corrected chi connectivity index (χ2v) is 6.37. The molecule has 0 aromatic heterocycles. The highest BCUT2D eigenvalue weighted by atomic mass is 16.4. The Morgan fingerprint density at radius 2 is 1.46 bits per heavy atom. The Labute approximate surface area is 163 Å². The summed E-state index contributed by atoms with van der Waals surface area (Å²) >= 11 is 0. The van der Waals surface area contributed by atoms with Gasteiger partial charge in [0, 0.05) is 23.2 Å². The predicted molar refractivity (Wildman–Crippen MR) is 109 cm³/mol. The summed E-state index contributed by atoms with van der Waals surface area (Å²) in [4.78, 5) is 23.2. The molecule has 0 bridgehead atoms. The number of carboxylic acids is 1. The van der Waals surface area contributed by atoms with Crippen LogP contribution in [0.5, 0.6) is 0 Å². The third kappa shape index (κ3) is 4.92. The van der Waals surface area contributed by atoms with E-state index in [0.29, 0.717) is 28.9 Å². The van der Waals surface area contributed by atoms with Gasteiger partial charge in [0.2, 0.25) is 0 Å². The first-order valence-corrected chi connectivity index (χ1v) is 8.89. The molecular formula is C23H20N2O3. The van der Waals surface area contributed by atoms with Crippen LogP contribution in [0.15, 0.2) is 78.9 Å². The summed E-state index contributed by atoms with van der Waals surface area (Å²) in [6, 6.07) is 23.5. The largest absolute Gasteiger partial charge is 0.481 e. The zero-order valence-electron chi connectivity index (χ0n) is 15.2. The second kappa shape index (κ2) is 8.77. The quantitative estimate of drug-likeness (QED) is 0.538. The summed E-state index contributed by atoms with van der Waals surface area (Å²) in [7, 11) is 0. The van der Waals surface area contributed by atoms with Gasteiger partial charge in [0.05, 0.1) is 5.71 Å². The Balaban J connectivity index is 1.69. The number of amides is 1. The van der Waals surface area contributed by atoms with Gasteiger partial charge in [0.1, 0.15) is 0 Å². The summed E-state index contributed by atoms with van der Waals surface area (Å²) in [5.74, 6) is -1.10. The smallest absolute Gasteiger partial charge is 0.303 e. The Morgan fingerprint density at radius 3 is 2.14 bits per heavy atom. The van der Waals surface area contributed by atoms with E-state index in [1.165, 1.54) is 0 Å². The first kappa shape index (κ1) is 19.0. The molecule has 3 N–H and O–H groups in total.